The van der Waals surface area contributed by atoms with E-state index in [2.05, 4.69) is 62.5 Å². The van der Waals surface area contributed by atoms with Crippen molar-refractivity contribution in [3.05, 3.63) is 48.6 Å². The van der Waals surface area contributed by atoms with Gasteiger partial charge in [-0.05, 0) is 51.4 Å². The molecule has 1 saturated heterocycles. The van der Waals surface area contributed by atoms with E-state index in [1.807, 2.05) is 0 Å². The molecule has 66 heavy (non-hydrogen) atoms. The fourth-order valence-electron chi connectivity index (χ4n) is 8.49. The Hall–Kier alpha value is -1.85. The third-order valence-corrected chi connectivity index (χ3v) is 12.8. The normalized spacial score (nSPS) is 19.6. The Kier molecular flexibility index (Phi) is 45.4. The van der Waals surface area contributed by atoms with E-state index in [1.54, 1.807) is 0 Å². The Labute approximate surface area is 405 Å². The van der Waals surface area contributed by atoms with Gasteiger partial charge in [-0.15, -0.1) is 0 Å². The summed E-state index contributed by atoms with van der Waals surface area (Å²) >= 11 is 0. The largest absolute Gasteiger partial charge is 0.457 e. The Morgan fingerprint density at radius 3 is 1.39 bits per heavy atom. The van der Waals surface area contributed by atoms with Gasteiger partial charge in [0.1, 0.15) is 30.5 Å². The molecule has 0 aromatic heterocycles. The van der Waals surface area contributed by atoms with E-state index >= 15 is 0 Å². The predicted molar refractivity (Wildman–Crippen MR) is 275 cm³/mol. The summed E-state index contributed by atoms with van der Waals surface area (Å²) in [4.78, 5) is 12.9. The highest BCUT2D eigenvalue weighted by molar-refractivity contribution is 5.69. The average Bonchev–Trinajstić information content (AvgIpc) is 3.32. The lowest BCUT2D eigenvalue weighted by Crippen LogP contribution is -2.59. The highest BCUT2D eigenvalue weighted by Gasteiger charge is 2.44. The van der Waals surface area contributed by atoms with E-state index < -0.39 is 43.4 Å². The first kappa shape index (κ1) is 62.2. The van der Waals surface area contributed by atoms with Crippen LogP contribution in [0.15, 0.2) is 48.6 Å². The molecule has 1 aliphatic rings. The van der Waals surface area contributed by atoms with Crippen LogP contribution in [0.25, 0.3) is 0 Å². The zero-order valence-electron chi connectivity index (χ0n) is 42.7. The lowest BCUT2D eigenvalue weighted by Gasteiger charge is -2.39. The highest BCUT2D eigenvalue weighted by atomic mass is 16.7. The molecule has 0 bridgehead atoms. The SMILES string of the molecule is CC/C=C\C/C=C\C/C=C\C/C=C\CCCCCCCCCCCCCOCC(COC1OC(CO)C(O)C(O)C1O)OC(=O)CCCCCCCCCCCCCCCCCCCCC. The number of hydrogen-bond acceptors (Lipinski definition) is 9. The summed E-state index contributed by atoms with van der Waals surface area (Å²) in [5, 5.41) is 40.3. The Bertz CT molecular complexity index is 1150. The molecule has 0 spiro atoms. The molecule has 9 heteroatoms. The lowest BCUT2D eigenvalue weighted by atomic mass is 9.99. The molecule has 0 aliphatic carbocycles. The van der Waals surface area contributed by atoms with E-state index in [-0.39, 0.29) is 19.2 Å². The van der Waals surface area contributed by atoms with Crippen LogP contribution in [0.3, 0.4) is 0 Å². The van der Waals surface area contributed by atoms with Crippen LogP contribution in [-0.2, 0) is 23.7 Å². The summed E-state index contributed by atoms with van der Waals surface area (Å²) in [6, 6.07) is 0. The molecule has 386 valence electrons. The summed E-state index contributed by atoms with van der Waals surface area (Å²) in [7, 11) is 0. The lowest BCUT2D eigenvalue weighted by molar-refractivity contribution is -0.305. The Morgan fingerprint density at radius 2 is 0.924 bits per heavy atom. The van der Waals surface area contributed by atoms with Crippen molar-refractivity contribution in [1.29, 1.82) is 0 Å². The van der Waals surface area contributed by atoms with Crippen molar-refractivity contribution >= 4 is 5.97 Å². The number of carbonyl (C=O) groups is 1. The summed E-state index contributed by atoms with van der Waals surface area (Å²) in [6.07, 6.45) is 54.4. The molecule has 9 nitrogen and oxygen atoms in total. The van der Waals surface area contributed by atoms with Gasteiger partial charge in [0.15, 0.2) is 6.29 Å². The molecule has 0 radical (unpaired) electrons. The van der Waals surface area contributed by atoms with Gasteiger partial charge in [0.2, 0.25) is 0 Å². The number of aliphatic hydroxyl groups is 4. The summed E-state index contributed by atoms with van der Waals surface area (Å²) in [5.41, 5.74) is 0. The first-order valence-corrected chi connectivity index (χ1v) is 27.7. The van der Waals surface area contributed by atoms with Gasteiger partial charge in [0.05, 0.1) is 19.8 Å². The maximum absolute atomic E-state index is 12.9. The van der Waals surface area contributed by atoms with Gasteiger partial charge < -0.3 is 39.4 Å². The average molecular weight is 933 g/mol. The standard InChI is InChI=1S/C57H104O9/c1-3-5-7-9-11-13-15-17-19-21-23-24-25-26-27-29-31-33-35-37-39-41-43-45-47-63-49-51(50-64-57-56(62)55(61)54(60)52(48-58)66-57)65-53(59)46-44-42-40-38-36-34-32-30-28-22-20-18-16-14-12-10-8-6-4-2/h5,7,11,13,17,19,23-24,51-52,54-58,60-62H,3-4,6,8-10,12,14-16,18,20-22,25-50H2,1-2H3/b7-5-,13-11-,19-17-,24-23-. The molecule has 1 aliphatic heterocycles. The van der Waals surface area contributed by atoms with Crippen molar-refractivity contribution in [1.82, 2.24) is 0 Å². The van der Waals surface area contributed by atoms with E-state index in [0.29, 0.717) is 13.0 Å². The van der Waals surface area contributed by atoms with Gasteiger partial charge in [-0.1, -0.05) is 236 Å². The fourth-order valence-corrected chi connectivity index (χ4v) is 8.49. The second-order valence-electron chi connectivity index (χ2n) is 19.0. The van der Waals surface area contributed by atoms with E-state index in [9.17, 15) is 25.2 Å². The smallest absolute Gasteiger partial charge is 0.306 e. The number of rotatable bonds is 48. The molecule has 0 aromatic rings. The monoisotopic (exact) mass is 933 g/mol. The molecular formula is C57H104O9. The minimum atomic E-state index is -1.54. The number of unbranched alkanes of at least 4 members (excludes halogenated alkanes) is 29. The maximum atomic E-state index is 12.9. The van der Waals surface area contributed by atoms with Gasteiger partial charge >= 0.3 is 5.97 Å². The first-order valence-electron chi connectivity index (χ1n) is 27.7. The van der Waals surface area contributed by atoms with E-state index in [1.165, 1.54) is 167 Å². The number of allylic oxidation sites excluding steroid dienone is 8. The van der Waals surface area contributed by atoms with Crippen LogP contribution < -0.4 is 0 Å². The van der Waals surface area contributed by atoms with Crippen molar-refractivity contribution in [2.45, 2.75) is 282 Å². The van der Waals surface area contributed by atoms with Crippen LogP contribution in [0.4, 0.5) is 0 Å². The predicted octanol–water partition coefficient (Wildman–Crippen LogP) is 14.0. The molecule has 0 saturated carbocycles. The minimum Gasteiger partial charge on any atom is -0.457 e. The number of carbonyl (C=O) groups excluding carboxylic acids is 1. The van der Waals surface area contributed by atoms with Crippen molar-refractivity contribution in [3.8, 4) is 0 Å². The van der Waals surface area contributed by atoms with Crippen molar-refractivity contribution < 1.29 is 44.2 Å². The third kappa shape index (κ3) is 38.1. The minimum absolute atomic E-state index is 0.112. The second-order valence-corrected chi connectivity index (χ2v) is 19.0. The Balaban J connectivity index is 2.16. The highest BCUT2D eigenvalue weighted by Crippen LogP contribution is 2.23. The summed E-state index contributed by atoms with van der Waals surface area (Å²) in [6.45, 7) is 4.48. The van der Waals surface area contributed by atoms with Crippen LogP contribution in [-0.4, -0.2) is 89.6 Å². The number of esters is 1. The van der Waals surface area contributed by atoms with Gasteiger partial charge in [0, 0.05) is 13.0 Å². The number of hydrogen-bond donors (Lipinski definition) is 4. The van der Waals surface area contributed by atoms with Crippen LogP contribution in [0.2, 0.25) is 0 Å². The van der Waals surface area contributed by atoms with Crippen LogP contribution in [0.5, 0.6) is 0 Å². The van der Waals surface area contributed by atoms with E-state index in [4.69, 9.17) is 18.9 Å². The zero-order valence-corrected chi connectivity index (χ0v) is 42.7. The van der Waals surface area contributed by atoms with Crippen LogP contribution in [0, 0.1) is 0 Å². The fraction of sp³-hybridized carbons (Fsp3) is 0.842. The van der Waals surface area contributed by atoms with Crippen LogP contribution in [0.1, 0.15) is 245 Å². The van der Waals surface area contributed by atoms with Gasteiger partial charge in [0.25, 0.3) is 0 Å². The molecule has 6 unspecified atom stereocenters. The number of ether oxygens (including phenoxy) is 4. The number of aliphatic hydroxyl groups excluding tert-OH is 4. The van der Waals surface area contributed by atoms with Crippen molar-refractivity contribution in [2.24, 2.45) is 0 Å². The van der Waals surface area contributed by atoms with Gasteiger partial charge in [-0.25, -0.2) is 0 Å². The molecule has 1 heterocycles. The van der Waals surface area contributed by atoms with Crippen molar-refractivity contribution in [2.75, 3.05) is 26.4 Å². The van der Waals surface area contributed by atoms with Gasteiger partial charge in [-0.3, -0.25) is 4.79 Å². The molecule has 0 aromatic carbocycles. The topological polar surface area (TPSA) is 135 Å². The molecular weight excluding hydrogens is 829 g/mol. The van der Waals surface area contributed by atoms with Crippen LogP contribution >= 0.6 is 0 Å². The van der Waals surface area contributed by atoms with E-state index in [0.717, 1.165) is 57.8 Å². The zero-order chi connectivity index (χ0) is 47.8. The quantitative estimate of drug-likeness (QED) is 0.0267. The molecule has 4 N–H and O–H groups in total. The first-order chi connectivity index (χ1) is 32.4. The molecule has 1 fully saturated rings. The Morgan fingerprint density at radius 1 is 0.500 bits per heavy atom. The van der Waals surface area contributed by atoms with Crippen molar-refractivity contribution in [3.63, 3.8) is 0 Å². The molecule has 6 atom stereocenters. The maximum Gasteiger partial charge on any atom is 0.306 e. The molecule has 0 amide bonds. The third-order valence-electron chi connectivity index (χ3n) is 12.8. The summed E-state index contributed by atoms with van der Waals surface area (Å²) < 4.78 is 23.0. The summed E-state index contributed by atoms with van der Waals surface area (Å²) in [5.74, 6) is -0.310. The van der Waals surface area contributed by atoms with Gasteiger partial charge in [-0.2, -0.15) is 0 Å². The second kappa shape index (κ2) is 48.2. The molecule has 1 rings (SSSR count).